The molecule has 2 N–H and O–H groups in total. The summed E-state index contributed by atoms with van der Waals surface area (Å²) < 4.78 is 11.2. The van der Waals surface area contributed by atoms with Crippen molar-refractivity contribution < 1.29 is 19.4 Å². The quantitative estimate of drug-likeness (QED) is 0.617. The first kappa shape index (κ1) is 16.7. The van der Waals surface area contributed by atoms with Crippen molar-refractivity contribution in [3.63, 3.8) is 0 Å². The predicted octanol–water partition coefficient (Wildman–Crippen LogP) is 2.33. The van der Waals surface area contributed by atoms with Gasteiger partial charge in [0.05, 0.1) is 12.7 Å². The highest BCUT2D eigenvalue weighted by molar-refractivity contribution is 6.29. The van der Waals surface area contributed by atoms with Gasteiger partial charge in [0, 0.05) is 30.9 Å². The molecule has 1 fully saturated rings. The lowest BCUT2D eigenvalue weighted by Crippen LogP contribution is -2.24. The molecule has 22 heavy (non-hydrogen) atoms. The van der Waals surface area contributed by atoms with Crippen LogP contribution in [0.3, 0.4) is 0 Å². The van der Waals surface area contributed by atoms with E-state index in [9.17, 15) is 4.79 Å². The van der Waals surface area contributed by atoms with Crippen molar-refractivity contribution in [1.82, 2.24) is 10.3 Å². The first-order valence-corrected chi connectivity index (χ1v) is 7.31. The summed E-state index contributed by atoms with van der Waals surface area (Å²) in [5.41, 5.74) is 1.48. The van der Waals surface area contributed by atoms with Gasteiger partial charge in [0.25, 0.3) is 0 Å². The van der Waals surface area contributed by atoms with Gasteiger partial charge in [-0.05, 0) is 25.5 Å². The molecule has 2 rings (SSSR count). The summed E-state index contributed by atoms with van der Waals surface area (Å²) in [5, 5.41) is 12.5. The zero-order valence-electron chi connectivity index (χ0n) is 12.5. The second-order valence-corrected chi connectivity index (χ2v) is 5.89. The Morgan fingerprint density at radius 1 is 1.59 bits per heavy atom. The zero-order valence-corrected chi connectivity index (χ0v) is 13.3. The van der Waals surface area contributed by atoms with Crippen LogP contribution in [0, 0.1) is 0 Å². The first-order valence-electron chi connectivity index (χ1n) is 6.94. The summed E-state index contributed by atoms with van der Waals surface area (Å²) in [7, 11) is 0. The van der Waals surface area contributed by atoms with E-state index in [1.165, 1.54) is 0 Å². The molecule has 1 aliphatic rings. The Balaban J connectivity index is 1.95. The van der Waals surface area contributed by atoms with Crippen molar-refractivity contribution in [2.24, 2.45) is 0 Å². The fraction of sp³-hybridized carbons (Fsp3) is 0.467. The third-order valence-electron chi connectivity index (χ3n) is 3.12. The fourth-order valence-corrected chi connectivity index (χ4v) is 2.28. The van der Waals surface area contributed by atoms with E-state index in [1.807, 2.05) is 19.9 Å². The number of carboxylic acids is 1. The van der Waals surface area contributed by atoms with Crippen LogP contribution in [0.15, 0.2) is 30.1 Å². The van der Waals surface area contributed by atoms with E-state index >= 15 is 0 Å². The number of aromatic nitrogens is 1. The lowest BCUT2D eigenvalue weighted by atomic mass is 10.2. The molecule has 7 heteroatoms. The first-order chi connectivity index (χ1) is 10.3. The van der Waals surface area contributed by atoms with E-state index in [1.54, 1.807) is 12.3 Å². The molecule has 0 saturated carbocycles. The van der Waals surface area contributed by atoms with Gasteiger partial charge in [0.2, 0.25) is 0 Å². The number of rotatable bonds is 6. The van der Waals surface area contributed by atoms with Crippen molar-refractivity contribution in [1.29, 1.82) is 0 Å². The number of pyridine rings is 1. The zero-order chi connectivity index (χ0) is 16.2. The van der Waals surface area contributed by atoms with Crippen LogP contribution in [0.2, 0.25) is 5.15 Å². The Bertz CT molecular complexity index is 557. The number of carbonyl (C=O) groups is 1. The molecule has 1 aromatic heterocycles. The molecular formula is C15H19ClN2O4. The van der Waals surface area contributed by atoms with Crippen LogP contribution < -0.4 is 5.32 Å². The van der Waals surface area contributed by atoms with Crippen molar-refractivity contribution >= 4 is 17.6 Å². The average molecular weight is 327 g/mol. The summed E-state index contributed by atoms with van der Waals surface area (Å²) in [4.78, 5) is 14.9. The second kappa shape index (κ2) is 7.09. The molecule has 120 valence electrons. The highest BCUT2D eigenvalue weighted by Gasteiger charge is 2.33. The van der Waals surface area contributed by atoms with Crippen molar-refractivity contribution in [3.8, 4) is 0 Å². The molecule has 1 atom stereocenters. The molecule has 1 unspecified atom stereocenters. The summed E-state index contributed by atoms with van der Waals surface area (Å²) >= 11 is 5.73. The molecule has 0 bridgehead atoms. The number of nitrogens with zero attached hydrogens (tertiary/aromatic N) is 1. The summed E-state index contributed by atoms with van der Waals surface area (Å²) in [6.45, 7) is 4.56. The van der Waals surface area contributed by atoms with Gasteiger partial charge < -0.3 is 19.9 Å². The molecule has 0 radical (unpaired) electrons. The number of hydrogen-bond acceptors (Lipinski definition) is 5. The van der Waals surface area contributed by atoms with Crippen molar-refractivity contribution in [2.45, 2.75) is 38.7 Å². The lowest BCUT2D eigenvalue weighted by Gasteiger charge is -2.18. The third kappa shape index (κ3) is 5.29. The monoisotopic (exact) mass is 326 g/mol. The van der Waals surface area contributed by atoms with Crippen LogP contribution in [0.5, 0.6) is 0 Å². The van der Waals surface area contributed by atoms with Gasteiger partial charge in [-0.25, -0.2) is 9.78 Å². The van der Waals surface area contributed by atoms with E-state index in [0.29, 0.717) is 30.4 Å². The number of halogens is 1. The van der Waals surface area contributed by atoms with Gasteiger partial charge in [-0.1, -0.05) is 17.7 Å². The average Bonchev–Trinajstić information content (AvgIpc) is 2.76. The Labute approximate surface area is 134 Å². The van der Waals surface area contributed by atoms with Crippen LogP contribution in [-0.4, -0.2) is 34.6 Å². The van der Waals surface area contributed by atoms with Crippen LogP contribution >= 0.6 is 11.6 Å². The Morgan fingerprint density at radius 2 is 2.36 bits per heavy atom. The van der Waals surface area contributed by atoms with Gasteiger partial charge >= 0.3 is 5.97 Å². The van der Waals surface area contributed by atoms with Gasteiger partial charge in [-0.2, -0.15) is 0 Å². The molecule has 1 aliphatic heterocycles. The van der Waals surface area contributed by atoms with Crippen molar-refractivity contribution in [3.05, 3.63) is 40.8 Å². The molecule has 0 amide bonds. The van der Waals surface area contributed by atoms with E-state index in [4.69, 9.17) is 26.2 Å². The van der Waals surface area contributed by atoms with Crippen LogP contribution in [-0.2, 0) is 20.8 Å². The van der Waals surface area contributed by atoms with Crippen molar-refractivity contribution in [2.75, 3.05) is 6.61 Å². The normalized spacial score (nSPS) is 20.9. The van der Waals surface area contributed by atoms with E-state index in [-0.39, 0.29) is 6.10 Å². The minimum absolute atomic E-state index is 0.170. The Morgan fingerprint density at radius 3 is 2.91 bits per heavy atom. The molecule has 1 aromatic rings. The molecule has 6 nitrogen and oxygen atoms in total. The minimum atomic E-state index is -1.00. The Hall–Kier alpha value is -1.63. The number of ether oxygens (including phenoxy) is 2. The SMILES string of the molecule is CC1(C)OCC(C/C(=C\C(=O)O)NCc2ccc(Cl)nc2)O1. The molecule has 2 heterocycles. The van der Waals surface area contributed by atoms with E-state index < -0.39 is 11.8 Å². The number of nitrogens with one attached hydrogen (secondary N) is 1. The number of aliphatic carboxylic acids is 1. The van der Waals surface area contributed by atoms with Crippen LogP contribution in [0.4, 0.5) is 0 Å². The van der Waals surface area contributed by atoms with Crippen LogP contribution in [0.1, 0.15) is 25.8 Å². The summed E-state index contributed by atoms with van der Waals surface area (Å²) in [6.07, 6.45) is 3.07. The van der Waals surface area contributed by atoms with E-state index in [0.717, 1.165) is 11.6 Å². The standard InChI is InChI=1S/C15H19ClN2O4/c1-15(2)21-9-12(22-15)5-11(6-14(19)20)17-7-10-3-4-13(16)18-8-10/h3-4,6,8,12,17H,5,7,9H2,1-2H3,(H,19,20)/b11-6+. The highest BCUT2D eigenvalue weighted by Crippen LogP contribution is 2.25. The summed E-state index contributed by atoms with van der Waals surface area (Å²) in [6, 6.07) is 3.52. The summed E-state index contributed by atoms with van der Waals surface area (Å²) in [5.74, 6) is -1.63. The van der Waals surface area contributed by atoms with E-state index in [2.05, 4.69) is 10.3 Å². The smallest absolute Gasteiger partial charge is 0.330 e. The topological polar surface area (TPSA) is 80.7 Å². The maximum atomic E-state index is 10.9. The maximum Gasteiger partial charge on any atom is 0.330 e. The number of hydrogen-bond donors (Lipinski definition) is 2. The molecule has 0 aromatic carbocycles. The van der Waals surface area contributed by atoms with Gasteiger partial charge in [-0.15, -0.1) is 0 Å². The third-order valence-corrected chi connectivity index (χ3v) is 3.34. The molecular weight excluding hydrogens is 308 g/mol. The predicted molar refractivity (Wildman–Crippen MR) is 81.3 cm³/mol. The largest absolute Gasteiger partial charge is 0.478 e. The van der Waals surface area contributed by atoms with Crippen LogP contribution in [0.25, 0.3) is 0 Å². The van der Waals surface area contributed by atoms with Gasteiger partial charge in [0.1, 0.15) is 5.15 Å². The molecule has 1 saturated heterocycles. The van der Waals surface area contributed by atoms with Gasteiger partial charge in [-0.3, -0.25) is 0 Å². The number of carboxylic acid groups (broad SMARTS) is 1. The fourth-order valence-electron chi connectivity index (χ4n) is 2.17. The highest BCUT2D eigenvalue weighted by atomic mass is 35.5. The second-order valence-electron chi connectivity index (χ2n) is 5.51. The van der Waals surface area contributed by atoms with Gasteiger partial charge in [0.15, 0.2) is 5.79 Å². The molecule has 0 aliphatic carbocycles. The Kier molecular flexibility index (Phi) is 5.39. The minimum Gasteiger partial charge on any atom is -0.478 e. The lowest BCUT2D eigenvalue weighted by molar-refractivity contribution is -0.138. The molecule has 0 spiro atoms. The maximum absolute atomic E-state index is 10.9.